The molecule has 0 unspecified atom stereocenters. The first-order chi connectivity index (χ1) is 8.43. The Hall–Kier alpha value is -0.860. The van der Waals surface area contributed by atoms with Gasteiger partial charge in [0.05, 0.1) is 0 Å². The van der Waals surface area contributed by atoms with E-state index in [1.807, 2.05) is 6.92 Å². The average Bonchev–Trinajstić information content (AvgIpc) is 2.30. The number of hydrogen-bond acceptors (Lipinski definition) is 2. The van der Waals surface area contributed by atoms with Gasteiger partial charge in [0.15, 0.2) is 0 Å². The summed E-state index contributed by atoms with van der Waals surface area (Å²) in [4.78, 5) is 25.4. The number of unbranched alkanes of at least 4 members (excludes halogenated alkanes) is 2. The van der Waals surface area contributed by atoms with E-state index in [2.05, 4.69) is 27.7 Å². The van der Waals surface area contributed by atoms with Gasteiger partial charge < -0.3 is 0 Å². The molecule has 0 aromatic rings. The van der Waals surface area contributed by atoms with Crippen molar-refractivity contribution in [3.63, 3.8) is 0 Å². The van der Waals surface area contributed by atoms with E-state index in [1.54, 1.807) is 0 Å². The highest BCUT2D eigenvalue weighted by molar-refractivity contribution is 5.95. The maximum absolute atomic E-state index is 12.1. The maximum atomic E-state index is 12.1. The van der Waals surface area contributed by atoms with Crippen molar-refractivity contribution in [2.45, 2.75) is 66.7 Å². The monoisotopic (exact) mass is 255 g/mol. The molecule has 0 aliphatic heterocycles. The number of rotatable bonds is 8. The molecule has 0 saturated carbocycles. The molecule has 0 aliphatic carbocycles. The van der Waals surface area contributed by atoms with Gasteiger partial charge in [0.25, 0.3) is 0 Å². The molecular weight excluding hydrogens is 226 g/mol. The Morgan fingerprint density at radius 2 is 1.61 bits per heavy atom. The minimum atomic E-state index is -0.0137. The Kier molecular flexibility index (Phi) is 8.69. The summed E-state index contributed by atoms with van der Waals surface area (Å²) in [5.74, 6) is 0.782. The first-order valence-electron chi connectivity index (χ1n) is 7.27. The Labute approximate surface area is 112 Å². The molecule has 0 N–H and O–H groups in total. The van der Waals surface area contributed by atoms with Crippen LogP contribution >= 0.6 is 0 Å². The zero-order chi connectivity index (χ0) is 14.1. The molecule has 0 aliphatic rings. The third-order valence-corrected chi connectivity index (χ3v) is 3.55. The lowest BCUT2D eigenvalue weighted by Crippen LogP contribution is -2.37. The van der Waals surface area contributed by atoms with Gasteiger partial charge in [-0.3, -0.25) is 14.5 Å². The molecule has 1 atom stereocenters. The first kappa shape index (κ1) is 17.1. The molecule has 0 aromatic carbocycles. The van der Waals surface area contributed by atoms with Crippen molar-refractivity contribution >= 4 is 11.8 Å². The largest absolute Gasteiger partial charge is 0.283 e. The van der Waals surface area contributed by atoms with Gasteiger partial charge in [0.2, 0.25) is 11.8 Å². The van der Waals surface area contributed by atoms with Crippen LogP contribution < -0.4 is 0 Å². The third kappa shape index (κ3) is 6.18. The van der Waals surface area contributed by atoms with Crippen LogP contribution in [-0.4, -0.2) is 23.3 Å². The normalized spacial score (nSPS) is 12.6. The molecular formula is C15H29NO2. The second kappa shape index (κ2) is 9.12. The quantitative estimate of drug-likeness (QED) is 0.621. The number of imide groups is 1. The van der Waals surface area contributed by atoms with Crippen LogP contribution in [0.25, 0.3) is 0 Å². The molecule has 0 heterocycles. The highest BCUT2D eigenvalue weighted by Crippen LogP contribution is 2.16. The van der Waals surface area contributed by atoms with Crippen LogP contribution in [0.15, 0.2) is 0 Å². The maximum Gasteiger partial charge on any atom is 0.229 e. The summed E-state index contributed by atoms with van der Waals surface area (Å²) in [6.07, 6.45) is 4.02. The summed E-state index contributed by atoms with van der Waals surface area (Å²) in [5.41, 5.74) is 0. The van der Waals surface area contributed by atoms with Gasteiger partial charge in [0, 0.05) is 19.4 Å². The van der Waals surface area contributed by atoms with Crippen LogP contribution in [0.1, 0.15) is 66.7 Å². The van der Waals surface area contributed by atoms with Crippen LogP contribution in [0, 0.1) is 11.8 Å². The second-order valence-electron chi connectivity index (χ2n) is 5.41. The molecule has 0 radical (unpaired) electrons. The molecule has 3 nitrogen and oxygen atoms in total. The Balaban J connectivity index is 4.29. The van der Waals surface area contributed by atoms with Crippen LogP contribution in [0.5, 0.6) is 0 Å². The van der Waals surface area contributed by atoms with Crippen molar-refractivity contribution < 1.29 is 9.59 Å². The summed E-state index contributed by atoms with van der Waals surface area (Å²) in [6.45, 7) is 10.8. The highest BCUT2D eigenvalue weighted by Gasteiger charge is 2.21. The minimum absolute atomic E-state index is 0.00749. The fourth-order valence-corrected chi connectivity index (χ4v) is 1.77. The van der Waals surface area contributed by atoms with Gasteiger partial charge in [-0.2, -0.15) is 0 Å². The lowest BCUT2D eigenvalue weighted by molar-refractivity contribution is -0.145. The second-order valence-corrected chi connectivity index (χ2v) is 5.41. The van der Waals surface area contributed by atoms with Gasteiger partial charge in [-0.15, -0.1) is 0 Å². The van der Waals surface area contributed by atoms with E-state index in [9.17, 15) is 9.59 Å². The van der Waals surface area contributed by atoms with E-state index in [4.69, 9.17) is 0 Å². The van der Waals surface area contributed by atoms with Crippen molar-refractivity contribution in [1.29, 1.82) is 0 Å². The molecule has 0 aromatic heterocycles. The van der Waals surface area contributed by atoms with E-state index < -0.39 is 0 Å². The number of amides is 2. The van der Waals surface area contributed by atoms with E-state index >= 15 is 0 Å². The Bertz CT molecular complexity index is 261. The molecule has 18 heavy (non-hydrogen) atoms. The fraction of sp³-hybridized carbons (Fsp3) is 0.867. The lowest BCUT2D eigenvalue weighted by Gasteiger charge is -2.22. The molecule has 0 saturated heterocycles. The number of carbonyl (C=O) groups is 2. The molecule has 106 valence electrons. The van der Waals surface area contributed by atoms with Gasteiger partial charge >= 0.3 is 0 Å². The van der Waals surface area contributed by atoms with E-state index in [1.165, 1.54) is 4.90 Å². The van der Waals surface area contributed by atoms with Crippen LogP contribution in [0.2, 0.25) is 0 Å². The Morgan fingerprint density at radius 3 is 2.06 bits per heavy atom. The predicted octanol–water partition coefficient (Wildman–Crippen LogP) is 3.62. The van der Waals surface area contributed by atoms with Crippen molar-refractivity contribution in [1.82, 2.24) is 4.90 Å². The van der Waals surface area contributed by atoms with Crippen molar-refractivity contribution in [3.05, 3.63) is 0 Å². The molecule has 0 spiro atoms. The summed E-state index contributed by atoms with van der Waals surface area (Å²) < 4.78 is 0. The van der Waals surface area contributed by atoms with Gasteiger partial charge in [-0.25, -0.2) is 0 Å². The highest BCUT2D eigenvalue weighted by atomic mass is 16.2. The summed E-state index contributed by atoms with van der Waals surface area (Å²) >= 11 is 0. The first-order valence-corrected chi connectivity index (χ1v) is 7.27. The standard InChI is InChI=1S/C15H29NO2/c1-6-8-9-10-14(17)16(7-2)15(18)11-13(5)12(3)4/h12-13H,6-11H2,1-5H3/t13-/m1/s1. The molecule has 0 rings (SSSR count). The Morgan fingerprint density at radius 1 is 1.00 bits per heavy atom. The van der Waals surface area contributed by atoms with E-state index in [0.717, 1.165) is 19.3 Å². The summed E-state index contributed by atoms with van der Waals surface area (Å²) in [5, 5.41) is 0. The number of nitrogens with zero attached hydrogens (tertiary/aromatic N) is 1. The zero-order valence-corrected chi connectivity index (χ0v) is 12.7. The van der Waals surface area contributed by atoms with E-state index in [-0.39, 0.29) is 11.8 Å². The molecule has 3 heteroatoms. The topological polar surface area (TPSA) is 37.4 Å². The average molecular weight is 255 g/mol. The molecule has 0 bridgehead atoms. The van der Waals surface area contributed by atoms with Gasteiger partial charge in [-0.05, 0) is 25.2 Å². The smallest absolute Gasteiger partial charge is 0.229 e. The minimum Gasteiger partial charge on any atom is -0.283 e. The van der Waals surface area contributed by atoms with Crippen molar-refractivity contribution in [3.8, 4) is 0 Å². The number of hydrogen-bond donors (Lipinski definition) is 0. The number of carbonyl (C=O) groups excluding carboxylic acids is 2. The van der Waals surface area contributed by atoms with Crippen LogP contribution in [-0.2, 0) is 9.59 Å². The SMILES string of the molecule is CCCCCC(=O)N(CC)C(=O)C[C@@H](C)C(C)C. The third-order valence-electron chi connectivity index (χ3n) is 3.55. The van der Waals surface area contributed by atoms with Crippen molar-refractivity contribution in [2.75, 3.05) is 6.54 Å². The fourth-order valence-electron chi connectivity index (χ4n) is 1.77. The molecule has 0 fully saturated rings. The van der Waals surface area contributed by atoms with Crippen LogP contribution in [0.3, 0.4) is 0 Å². The van der Waals surface area contributed by atoms with Crippen LogP contribution in [0.4, 0.5) is 0 Å². The molecule has 2 amide bonds. The summed E-state index contributed by atoms with van der Waals surface area (Å²) in [6, 6.07) is 0. The van der Waals surface area contributed by atoms with E-state index in [0.29, 0.717) is 31.2 Å². The van der Waals surface area contributed by atoms with Crippen molar-refractivity contribution in [2.24, 2.45) is 11.8 Å². The summed E-state index contributed by atoms with van der Waals surface area (Å²) in [7, 11) is 0. The van der Waals surface area contributed by atoms with Gasteiger partial charge in [-0.1, -0.05) is 40.5 Å². The van der Waals surface area contributed by atoms with Gasteiger partial charge in [0.1, 0.15) is 0 Å². The lowest BCUT2D eigenvalue weighted by atomic mass is 9.94. The zero-order valence-electron chi connectivity index (χ0n) is 12.7. The predicted molar refractivity (Wildman–Crippen MR) is 75.2 cm³/mol.